The average Bonchev–Trinajstić information content (AvgIpc) is 3.00. The maximum absolute atomic E-state index is 12.1. The second-order valence-electron chi connectivity index (χ2n) is 5.83. The van der Waals surface area contributed by atoms with Crippen LogP contribution in [0.5, 0.6) is 0 Å². The quantitative estimate of drug-likeness (QED) is 0.759. The molecule has 1 aromatic heterocycles. The van der Waals surface area contributed by atoms with Crippen LogP contribution in [-0.2, 0) is 4.79 Å². The molecule has 0 saturated carbocycles. The van der Waals surface area contributed by atoms with Crippen molar-refractivity contribution in [1.29, 1.82) is 0 Å². The minimum atomic E-state index is 0.0391. The molecule has 0 aliphatic rings. The van der Waals surface area contributed by atoms with Gasteiger partial charge in [0, 0.05) is 17.3 Å². The summed E-state index contributed by atoms with van der Waals surface area (Å²) in [6.07, 6.45) is 3.74. The van der Waals surface area contributed by atoms with Crippen molar-refractivity contribution in [2.24, 2.45) is 5.92 Å². The van der Waals surface area contributed by atoms with Crippen molar-refractivity contribution in [2.45, 2.75) is 26.7 Å². The topological polar surface area (TPSA) is 46.9 Å². The number of nitrogens with zero attached hydrogens (tertiary/aromatic N) is 2. The van der Waals surface area contributed by atoms with E-state index in [1.165, 1.54) is 0 Å². The summed E-state index contributed by atoms with van der Waals surface area (Å²) in [6, 6.07) is 15.9. The Balaban J connectivity index is 1.78. The van der Waals surface area contributed by atoms with Gasteiger partial charge in [0.05, 0.1) is 11.0 Å². The molecule has 118 valence electrons. The molecule has 0 aliphatic heterocycles. The third kappa shape index (κ3) is 3.26. The average molecular weight is 307 g/mol. The molecule has 0 saturated heterocycles. The Morgan fingerprint density at radius 3 is 2.65 bits per heavy atom. The standard InChI is InChI=1S/C19H21N3O/c1-3-6-14(2)19(23)21-15-9-11-16(12-10-15)22-13-20-17-7-4-5-8-18(17)22/h4-5,7-14H,3,6H2,1-2H3,(H,21,23). The summed E-state index contributed by atoms with van der Waals surface area (Å²) < 4.78 is 2.04. The number of aromatic nitrogens is 2. The van der Waals surface area contributed by atoms with Gasteiger partial charge in [-0.3, -0.25) is 9.36 Å². The molecular weight excluding hydrogens is 286 g/mol. The monoisotopic (exact) mass is 307 g/mol. The molecule has 23 heavy (non-hydrogen) atoms. The Morgan fingerprint density at radius 1 is 1.17 bits per heavy atom. The highest BCUT2D eigenvalue weighted by Crippen LogP contribution is 2.20. The number of hydrogen-bond donors (Lipinski definition) is 1. The van der Waals surface area contributed by atoms with Crippen LogP contribution in [0.3, 0.4) is 0 Å². The number of imidazole rings is 1. The zero-order valence-corrected chi connectivity index (χ0v) is 13.5. The predicted octanol–water partition coefficient (Wildman–Crippen LogP) is 4.40. The molecule has 1 amide bonds. The molecule has 3 rings (SSSR count). The highest BCUT2D eigenvalue weighted by Gasteiger charge is 2.12. The SMILES string of the molecule is CCCC(C)C(=O)Nc1ccc(-n2cnc3ccccc32)cc1. The van der Waals surface area contributed by atoms with Gasteiger partial charge >= 0.3 is 0 Å². The van der Waals surface area contributed by atoms with Crippen molar-refractivity contribution in [3.05, 3.63) is 54.9 Å². The van der Waals surface area contributed by atoms with Gasteiger partial charge in [-0.15, -0.1) is 0 Å². The fourth-order valence-corrected chi connectivity index (χ4v) is 2.70. The van der Waals surface area contributed by atoms with E-state index in [2.05, 4.69) is 17.2 Å². The lowest BCUT2D eigenvalue weighted by Gasteiger charge is -2.12. The maximum atomic E-state index is 12.1. The van der Waals surface area contributed by atoms with E-state index in [0.29, 0.717) is 0 Å². The van der Waals surface area contributed by atoms with Gasteiger partial charge in [-0.1, -0.05) is 32.4 Å². The summed E-state index contributed by atoms with van der Waals surface area (Å²) in [6.45, 7) is 4.05. The van der Waals surface area contributed by atoms with Crippen LogP contribution in [0, 0.1) is 5.92 Å². The van der Waals surface area contributed by atoms with E-state index in [1.807, 2.05) is 66.3 Å². The van der Waals surface area contributed by atoms with E-state index in [4.69, 9.17) is 0 Å². The molecule has 4 heteroatoms. The Morgan fingerprint density at radius 2 is 1.91 bits per heavy atom. The zero-order valence-electron chi connectivity index (χ0n) is 13.5. The first-order chi connectivity index (χ1) is 11.2. The van der Waals surface area contributed by atoms with Crippen molar-refractivity contribution in [1.82, 2.24) is 9.55 Å². The fraction of sp³-hybridized carbons (Fsp3) is 0.263. The van der Waals surface area contributed by atoms with Gasteiger partial charge in [0.15, 0.2) is 0 Å². The molecular formula is C19H21N3O. The van der Waals surface area contributed by atoms with Gasteiger partial charge in [-0.2, -0.15) is 0 Å². The summed E-state index contributed by atoms with van der Waals surface area (Å²) in [5.74, 6) is 0.116. The number of hydrogen-bond acceptors (Lipinski definition) is 2. The first-order valence-electron chi connectivity index (χ1n) is 8.02. The predicted molar refractivity (Wildman–Crippen MR) is 93.8 cm³/mol. The number of carbonyl (C=O) groups excluding carboxylic acids is 1. The molecule has 3 aromatic rings. The van der Waals surface area contributed by atoms with E-state index < -0.39 is 0 Å². The maximum Gasteiger partial charge on any atom is 0.227 e. The largest absolute Gasteiger partial charge is 0.326 e. The summed E-state index contributed by atoms with van der Waals surface area (Å²) in [5, 5.41) is 2.97. The van der Waals surface area contributed by atoms with Gasteiger partial charge in [0.25, 0.3) is 0 Å². The van der Waals surface area contributed by atoms with Crippen LogP contribution >= 0.6 is 0 Å². The van der Waals surface area contributed by atoms with Crippen LogP contribution in [0.1, 0.15) is 26.7 Å². The number of rotatable bonds is 5. The minimum absolute atomic E-state index is 0.0391. The highest BCUT2D eigenvalue weighted by atomic mass is 16.1. The fourth-order valence-electron chi connectivity index (χ4n) is 2.70. The van der Waals surface area contributed by atoms with E-state index >= 15 is 0 Å². The van der Waals surface area contributed by atoms with Crippen LogP contribution in [0.2, 0.25) is 0 Å². The van der Waals surface area contributed by atoms with Crippen LogP contribution in [0.25, 0.3) is 16.7 Å². The van der Waals surface area contributed by atoms with Crippen molar-refractivity contribution < 1.29 is 4.79 Å². The minimum Gasteiger partial charge on any atom is -0.326 e. The smallest absolute Gasteiger partial charge is 0.227 e. The highest BCUT2D eigenvalue weighted by molar-refractivity contribution is 5.92. The molecule has 1 N–H and O–H groups in total. The lowest BCUT2D eigenvalue weighted by molar-refractivity contribution is -0.119. The van der Waals surface area contributed by atoms with E-state index in [0.717, 1.165) is 35.2 Å². The van der Waals surface area contributed by atoms with Crippen LogP contribution in [0.15, 0.2) is 54.9 Å². The Bertz CT molecular complexity index is 805. The molecule has 1 heterocycles. The molecule has 0 fully saturated rings. The molecule has 4 nitrogen and oxygen atoms in total. The lowest BCUT2D eigenvalue weighted by atomic mass is 10.1. The summed E-state index contributed by atoms with van der Waals surface area (Å²) >= 11 is 0. The number of nitrogens with one attached hydrogen (secondary N) is 1. The summed E-state index contributed by atoms with van der Waals surface area (Å²) in [5.41, 5.74) is 3.89. The van der Waals surface area contributed by atoms with Crippen molar-refractivity contribution in [3.8, 4) is 5.69 Å². The van der Waals surface area contributed by atoms with Crippen LogP contribution in [0.4, 0.5) is 5.69 Å². The van der Waals surface area contributed by atoms with Crippen LogP contribution < -0.4 is 5.32 Å². The molecule has 2 aromatic carbocycles. The van der Waals surface area contributed by atoms with Crippen molar-refractivity contribution in [2.75, 3.05) is 5.32 Å². The number of benzene rings is 2. The molecule has 1 unspecified atom stereocenters. The van der Waals surface area contributed by atoms with Crippen LogP contribution in [-0.4, -0.2) is 15.5 Å². The molecule has 0 aliphatic carbocycles. The number of anilines is 1. The van der Waals surface area contributed by atoms with Gasteiger partial charge < -0.3 is 5.32 Å². The number of para-hydroxylation sites is 2. The Kier molecular flexibility index (Phi) is 4.42. The van der Waals surface area contributed by atoms with Gasteiger partial charge in [0.1, 0.15) is 6.33 Å². The number of carbonyl (C=O) groups is 1. The third-order valence-corrected chi connectivity index (χ3v) is 4.04. The van der Waals surface area contributed by atoms with Crippen molar-refractivity contribution in [3.63, 3.8) is 0 Å². The van der Waals surface area contributed by atoms with E-state index in [9.17, 15) is 4.79 Å². The Labute approximate surface area is 136 Å². The molecule has 0 radical (unpaired) electrons. The second kappa shape index (κ2) is 6.65. The number of amides is 1. The molecule has 0 bridgehead atoms. The number of fused-ring (bicyclic) bond motifs is 1. The lowest BCUT2D eigenvalue weighted by Crippen LogP contribution is -2.20. The molecule has 1 atom stereocenters. The Hall–Kier alpha value is -2.62. The molecule has 0 spiro atoms. The normalized spacial score (nSPS) is 12.3. The second-order valence-corrected chi connectivity index (χ2v) is 5.83. The van der Waals surface area contributed by atoms with E-state index in [1.54, 1.807) is 0 Å². The summed E-state index contributed by atoms with van der Waals surface area (Å²) in [7, 11) is 0. The first-order valence-corrected chi connectivity index (χ1v) is 8.02. The first kappa shape index (κ1) is 15.3. The van der Waals surface area contributed by atoms with E-state index in [-0.39, 0.29) is 11.8 Å². The third-order valence-electron chi connectivity index (χ3n) is 4.04. The van der Waals surface area contributed by atoms with Gasteiger partial charge in [0.2, 0.25) is 5.91 Å². The zero-order chi connectivity index (χ0) is 16.2. The van der Waals surface area contributed by atoms with Gasteiger partial charge in [-0.25, -0.2) is 4.98 Å². The van der Waals surface area contributed by atoms with Crippen molar-refractivity contribution >= 4 is 22.6 Å². The van der Waals surface area contributed by atoms with Gasteiger partial charge in [-0.05, 0) is 42.8 Å². The summed E-state index contributed by atoms with van der Waals surface area (Å²) in [4.78, 5) is 16.5.